The molecule has 0 bridgehead atoms. The predicted octanol–water partition coefficient (Wildman–Crippen LogP) is 7.63. The van der Waals surface area contributed by atoms with Gasteiger partial charge < -0.3 is 0 Å². The van der Waals surface area contributed by atoms with Crippen LogP contribution in [0.5, 0.6) is 0 Å². The Morgan fingerprint density at radius 2 is 0.467 bits per heavy atom. The molecule has 2 aliphatic rings. The number of rotatable bonds is 0. The Labute approximate surface area is 270 Å². The number of pyridine rings is 2. The molecule has 8 rings (SSSR count). The van der Waals surface area contributed by atoms with E-state index in [0.29, 0.717) is 22.3 Å². The number of fused-ring (bicyclic) bond motifs is 6. The second kappa shape index (κ2) is 15.7. The molecule has 0 unspecified atom stereocenters. The van der Waals surface area contributed by atoms with E-state index in [9.17, 15) is 19.2 Å². The van der Waals surface area contributed by atoms with Gasteiger partial charge in [-0.05, 0) is 46.5 Å². The van der Waals surface area contributed by atoms with Crippen LogP contribution >= 0.6 is 0 Å². The first-order valence-corrected chi connectivity index (χ1v) is 13.8. The standard InChI is InChI=1S/2C14H8O2.2C5H5N.Ni/c2*15-13-11-7-3-1-5-9(11)10-6-2-4-8-12(10)14(13)16;2*1-2-4-6-5-3-1;/h2*1-8H;2*1-5H;. The average Bonchev–Trinajstić information content (AvgIpc) is 3.12. The fraction of sp³-hybridized carbons (Fsp3) is 0. The van der Waals surface area contributed by atoms with Crippen LogP contribution < -0.4 is 0 Å². The maximum Gasteiger partial charge on any atom is 0.234 e. The molecule has 2 aromatic heterocycles. The van der Waals surface area contributed by atoms with E-state index < -0.39 is 23.1 Å². The van der Waals surface area contributed by atoms with Gasteiger partial charge in [-0.15, -0.1) is 0 Å². The second-order valence-corrected chi connectivity index (χ2v) is 9.55. The number of Topliss-reactive ketones (excluding diaryl/α,β-unsaturated/α-hetero) is 4. The molecule has 6 nitrogen and oxygen atoms in total. The zero-order chi connectivity index (χ0) is 30.7. The summed E-state index contributed by atoms with van der Waals surface area (Å²) in [4.78, 5) is 54.9. The molecular weight excluding hydrogens is 607 g/mol. The Morgan fingerprint density at radius 3 is 0.622 bits per heavy atom. The summed E-state index contributed by atoms with van der Waals surface area (Å²) in [6.07, 6.45) is 7.00. The average molecular weight is 633 g/mol. The number of nitrogens with zero attached hydrogens (tertiary/aromatic N) is 2. The van der Waals surface area contributed by atoms with Crippen LogP contribution in [0.2, 0.25) is 0 Å². The maximum absolute atomic E-state index is 11.8. The van der Waals surface area contributed by atoms with Crippen molar-refractivity contribution in [3.63, 3.8) is 0 Å². The van der Waals surface area contributed by atoms with Gasteiger partial charge in [0.25, 0.3) is 0 Å². The summed E-state index contributed by atoms with van der Waals surface area (Å²) in [5, 5.41) is 0. The van der Waals surface area contributed by atoms with Gasteiger partial charge >= 0.3 is 0 Å². The minimum absolute atomic E-state index is 0. The van der Waals surface area contributed by atoms with Gasteiger partial charge in [-0.25, -0.2) is 0 Å². The third kappa shape index (κ3) is 7.47. The van der Waals surface area contributed by atoms with Crippen molar-refractivity contribution >= 4 is 23.1 Å². The van der Waals surface area contributed by atoms with E-state index in [2.05, 4.69) is 9.97 Å². The number of carbonyl (C=O) groups excluding carboxylic acids is 4. The Kier molecular flexibility index (Phi) is 11.3. The van der Waals surface area contributed by atoms with Gasteiger partial charge in [0.2, 0.25) is 23.1 Å². The fourth-order valence-corrected chi connectivity index (χ4v) is 4.78. The Balaban J connectivity index is 0.000000149. The normalized spacial score (nSPS) is 11.6. The van der Waals surface area contributed by atoms with E-state index in [0.717, 1.165) is 22.3 Å². The van der Waals surface area contributed by atoms with Gasteiger partial charge in [0.1, 0.15) is 0 Å². The van der Waals surface area contributed by atoms with Gasteiger partial charge in [-0.1, -0.05) is 109 Å². The van der Waals surface area contributed by atoms with Crippen molar-refractivity contribution in [2.24, 2.45) is 0 Å². The van der Waals surface area contributed by atoms with E-state index in [1.807, 2.05) is 84.9 Å². The van der Waals surface area contributed by atoms with Gasteiger partial charge in [-0.3, -0.25) is 29.1 Å². The molecule has 4 aromatic carbocycles. The smallest absolute Gasteiger partial charge is 0.234 e. The molecule has 2 heterocycles. The van der Waals surface area contributed by atoms with Crippen LogP contribution in [0, 0.1) is 0 Å². The number of ketones is 4. The monoisotopic (exact) mass is 632 g/mol. The summed E-state index contributed by atoms with van der Waals surface area (Å²) >= 11 is 0. The van der Waals surface area contributed by atoms with Crippen molar-refractivity contribution in [3.8, 4) is 22.3 Å². The number of carbonyl (C=O) groups is 4. The van der Waals surface area contributed by atoms with Crippen LogP contribution in [0.1, 0.15) is 41.4 Å². The summed E-state index contributed by atoms with van der Waals surface area (Å²) in [6.45, 7) is 0. The van der Waals surface area contributed by atoms with E-state index in [1.54, 1.807) is 73.3 Å². The van der Waals surface area contributed by atoms with Crippen LogP contribution in [0.4, 0.5) is 0 Å². The van der Waals surface area contributed by atoms with E-state index in [4.69, 9.17) is 0 Å². The summed E-state index contributed by atoms with van der Waals surface area (Å²) in [5.41, 5.74) is 5.42. The summed E-state index contributed by atoms with van der Waals surface area (Å²) in [6, 6.07) is 40.3. The molecule has 0 fully saturated rings. The SMILES string of the molecule is O=C1C(=O)c2ccccc2-c2ccccc21.O=C1C(=O)c2ccccc2-c2ccccc21.[Ni].c1ccncc1.c1ccncc1. The van der Waals surface area contributed by atoms with Crippen molar-refractivity contribution in [2.45, 2.75) is 0 Å². The number of hydrogen-bond acceptors (Lipinski definition) is 6. The van der Waals surface area contributed by atoms with Gasteiger partial charge in [-0.2, -0.15) is 0 Å². The molecule has 0 amide bonds. The minimum Gasteiger partial charge on any atom is -0.285 e. The summed E-state index contributed by atoms with van der Waals surface area (Å²) in [7, 11) is 0. The van der Waals surface area contributed by atoms with Crippen LogP contribution in [0.25, 0.3) is 22.3 Å². The van der Waals surface area contributed by atoms with Crippen molar-refractivity contribution in [1.29, 1.82) is 0 Å². The van der Waals surface area contributed by atoms with Gasteiger partial charge in [0.05, 0.1) is 0 Å². The van der Waals surface area contributed by atoms with Crippen molar-refractivity contribution in [2.75, 3.05) is 0 Å². The predicted molar refractivity (Wildman–Crippen MR) is 170 cm³/mol. The minimum atomic E-state index is -0.408. The summed E-state index contributed by atoms with van der Waals surface area (Å²) < 4.78 is 0. The quantitative estimate of drug-likeness (QED) is 0.126. The molecule has 0 saturated carbocycles. The molecule has 0 saturated heterocycles. The number of benzene rings is 4. The largest absolute Gasteiger partial charge is 0.285 e. The summed E-state index contributed by atoms with van der Waals surface area (Å²) in [5.74, 6) is -1.63. The van der Waals surface area contributed by atoms with Crippen LogP contribution in [0.3, 0.4) is 0 Å². The fourth-order valence-electron chi connectivity index (χ4n) is 4.78. The van der Waals surface area contributed by atoms with Gasteiger partial charge in [0, 0.05) is 63.5 Å². The molecule has 7 heteroatoms. The van der Waals surface area contributed by atoms with E-state index in [1.165, 1.54) is 0 Å². The molecule has 0 N–H and O–H groups in total. The van der Waals surface area contributed by atoms with Gasteiger partial charge in [0.15, 0.2) is 0 Å². The van der Waals surface area contributed by atoms with E-state index >= 15 is 0 Å². The third-order valence-corrected chi connectivity index (χ3v) is 6.81. The van der Waals surface area contributed by atoms with Crippen molar-refractivity contribution < 1.29 is 35.7 Å². The number of hydrogen-bond donors (Lipinski definition) is 0. The Bertz CT molecular complexity index is 1640. The zero-order valence-corrected chi connectivity index (χ0v) is 24.8. The Hall–Kier alpha value is -5.65. The molecule has 0 atom stereocenters. The molecular formula is C38H26N2NiO4. The topological polar surface area (TPSA) is 94.1 Å². The van der Waals surface area contributed by atoms with E-state index in [-0.39, 0.29) is 16.5 Å². The van der Waals surface area contributed by atoms with Crippen LogP contribution in [-0.2, 0) is 16.5 Å². The molecule has 222 valence electrons. The molecule has 0 spiro atoms. The molecule has 2 aliphatic carbocycles. The number of aromatic nitrogens is 2. The van der Waals surface area contributed by atoms with Crippen LogP contribution in [-0.4, -0.2) is 33.1 Å². The third-order valence-electron chi connectivity index (χ3n) is 6.81. The molecule has 6 aromatic rings. The molecule has 0 radical (unpaired) electrons. The first kappa shape index (κ1) is 32.3. The maximum atomic E-state index is 11.8. The zero-order valence-electron chi connectivity index (χ0n) is 23.9. The first-order chi connectivity index (χ1) is 21.6. The molecule has 45 heavy (non-hydrogen) atoms. The van der Waals surface area contributed by atoms with Crippen molar-refractivity contribution in [1.82, 2.24) is 9.97 Å². The van der Waals surface area contributed by atoms with Crippen LogP contribution in [0.15, 0.2) is 158 Å². The second-order valence-electron chi connectivity index (χ2n) is 9.55. The first-order valence-electron chi connectivity index (χ1n) is 13.8. The molecule has 0 aliphatic heterocycles. The Morgan fingerprint density at radius 1 is 0.267 bits per heavy atom. The van der Waals surface area contributed by atoms with Crippen molar-refractivity contribution in [3.05, 3.63) is 181 Å².